The van der Waals surface area contributed by atoms with Gasteiger partial charge in [-0.2, -0.15) is 0 Å². The van der Waals surface area contributed by atoms with E-state index in [1.54, 1.807) is 13.2 Å². The van der Waals surface area contributed by atoms with Crippen LogP contribution in [0.3, 0.4) is 0 Å². The summed E-state index contributed by atoms with van der Waals surface area (Å²) in [5.74, 6) is 0.256. The maximum absolute atomic E-state index is 11.1. The van der Waals surface area contributed by atoms with Crippen LogP contribution < -0.4 is 0 Å². The molecule has 2 atom stereocenters. The van der Waals surface area contributed by atoms with E-state index < -0.39 is 9.84 Å². The van der Waals surface area contributed by atoms with E-state index >= 15 is 0 Å². The molecule has 0 bridgehead atoms. The van der Waals surface area contributed by atoms with Crippen LogP contribution in [0.15, 0.2) is 36.6 Å². The van der Waals surface area contributed by atoms with Crippen molar-refractivity contribution in [2.45, 2.75) is 25.2 Å². The Bertz CT molecular complexity index is 517. The first kappa shape index (κ1) is 12.2. The predicted molar refractivity (Wildman–Crippen MR) is 68.2 cm³/mol. The molecule has 2 unspecified atom stereocenters. The van der Waals surface area contributed by atoms with E-state index in [9.17, 15) is 8.42 Å². The molecule has 2 rings (SSSR count). The number of ether oxygens (including phenoxy) is 1. The van der Waals surface area contributed by atoms with Gasteiger partial charge in [0.05, 0.1) is 12.0 Å². The number of hydrogen-bond donors (Lipinski definition) is 0. The Hall–Kier alpha value is -1.29. The lowest BCUT2D eigenvalue weighted by molar-refractivity contribution is 0.170. The summed E-state index contributed by atoms with van der Waals surface area (Å²) in [5, 5.41) is -0.317. The highest BCUT2D eigenvalue weighted by atomic mass is 32.2. The molecule has 0 aromatic heterocycles. The van der Waals surface area contributed by atoms with Crippen LogP contribution in [0.1, 0.15) is 19.4 Å². The van der Waals surface area contributed by atoms with Gasteiger partial charge in [0.15, 0.2) is 9.84 Å². The quantitative estimate of drug-likeness (QED) is 0.610. The molecule has 0 aliphatic carbocycles. The van der Waals surface area contributed by atoms with Crippen LogP contribution in [0.4, 0.5) is 0 Å². The largest absolute Gasteiger partial charge is 0.497 e. The van der Waals surface area contributed by atoms with Gasteiger partial charge >= 0.3 is 0 Å². The molecule has 1 fully saturated rings. The summed E-state index contributed by atoms with van der Waals surface area (Å²) in [6.07, 6.45) is 1.38. The number of allylic oxidation sites excluding steroid dienone is 1. The topological polar surface area (TPSA) is 43.4 Å². The normalized spacial score (nSPS) is 24.1. The standard InChI is InChI=1S/C13H16O3S/c1-10(12-6-4-3-5-7-12)8-16-11(2)13-9-17(13,14)15/h3-8,11,13H,9H2,1-2H3/b10-8-. The molecular weight excluding hydrogens is 236 g/mol. The van der Waals surface area contributed by atoms with E-state index in [1.807, 2.05) is 37.3 Å². The molecule has 1 aromatic rings. The summed E-state index contributed by atoms with van der Waals surface area (Å²) >= 11 is 0. The summed E-state index contributed by atoms with van der Waals surface area (Å²) in [4.78, 5) is 0. The van der Waals surface area contributed by atoms with Crippen molar-refractivity contribution in [3.05, 3.63) is 42.2 Å². The summed E-state index contributed by atoms with van der Waals surface area (Å²) in [5.41, 5.74) is 2.08. The van der Waals surface area contributed by atoms with Gasteiger partial charge in [-0.1, -0.05) is 30.3 Å². The fraction of sp³-hybridized carbons (Fsp3) is 0.385. The lowest BCUT2D eigenvalue weighted by Gasteiger charge is -2.09. The molecule has 1 saturated heterocycles. The van der Waals surface area contributed by atoms with Crippen molar-refractivity contribution in [2.24, 2.45) is 0 Å². The van der Waals surface area contributed by atoms with E-state index in [2.05, 4.69) is 0 Å². The van der Waals surface area contributed by atoms with Gasteiger partial charge in [0.2, 0.25) is 0 Å². The average Bonchev–Trinajstić information content (AvgIpc) is 2.96. The van der Waals surface area contributed by atoms with Gasteiger partial charge in [0.25, 0.3) is 0 Å². The van der Waals surface area contributed by atoms with E-state index in [0.29, 0.717) is 0 Å². The molecule has 3 nitrogen and oxygen atoms in total. The maximum Gasteiger partial charge on any atom is 0.159 e. The van der Waals surface area contributed by atoms with Gasteiger partial charge in [-0.25, -0.2) is 8.42 Å². The Morgan fingerprint density at radius 3 is 2.53 bits per heavy atom. The highest BCUT2D eigenvalue weighted by Crippen LogP contribution is 2.27. The molecule has 92 valence electrons. The Morgan fingerprint density at radius 2 is 2.00 bits per heavy atom. The van der Waals surface area contributed by atoms with E-state index in [-0.39, 0.29) is 17.1 Å². The molecule has 1 aliphatic rings. The minimum Gasteiger partial charge on any atom is -0.497 e. The SMILES string of the molecule is C/C(=C/OC(C)C1CS1(=O)=O)c1ccccc1. The molecule has 17 heavy (non-hydrogen) atoms. The first-order valence-corrected chi connectivity index (χ1v) is 7.31. The van der Waals surface area contributed by atoms with Crippen LogP contribution in [-0.2, 0) is 14.6 Å². The molecule has 0 amide bonds. The smallest absolute Gasteiger partial charge is 0.159 e. The van der Waals surface area contributed by atoms with Crippen LogP contribution in [0.2, 0.25) is 0 Å². The predicted octanol–water partition coefficient (Wildman–Crippen LogP) is 2.25. The zero-order chi connectivity index (χ0) is 12.5. The number of rotatable bonds is 4. The molecule has 1 aliphatic heterocycles. The fourth-order valence-corrected chi connectivity index (χ4v) is 3.32. The number of hydrogen-bond acceptors (Lipinski definition) is 3. The van der Waals surface area contributed by atoms with Crippen LogP contribution in [0, 0.1) is 0 Å². The lowest BCUT2D eigenvalue weighted by Crippen LogP contribution is -2.13. The monoisotopic (exact) mass is 252 g/mol. The van der Waals surface area contributed by atoms with Crippen LogP contribution in [-0.4, -0.2) is 25.5 Å². The van der Waals surface area contributed by atoms with Crippen LogP contribution in [0.25, 0.3) is 5.57 Å². The summed E-state index contributed by atoms with van der Waals surface area (Å²) in [6.45, 7) is 3.74. The summed E-state index contributed by atoms with van der Waals surface area (Å²) in [6, 6.07) is 9.86. The van der Waals surface area contributed by atoms with Gasteiger partial charge < -0.3 is 4.74 Å². The molecule has 0 saturated carbocycles. The highest BCUT2D eigenvalue weighted by Gasteiger charge is 2.48. The molecular formula is C13H16O3S. The van der Waals surface area contributed by atoms with Gasteiger partial charge in [0, 0.05) is 0 Å². The third kappa shape index (κ3) is 2.88. The van der Waals surface area contributed by atoms with E-state index in [1.165, 1.54) is 0 Å². The molecule has 0 radical (unpaired) electrons. The Labute approximate surface area is 102 Å². The Balaban J connectivity index is 1.97. The van der Waals surface area contributed by atoms with Crippen LogP contribution in [0.5, 0.6) is 0 Å². The van der Waals surface area contributed by atoms with Gasteiger partial charge in [-0.15, -0.1) is 0 Å². The Kier molecular flexibility index (Phi) is 3.24. The fourth-order valence-electron chi connectivity index (χ4n) is 1.68. The van der Waals surface area contributed by atoms with Crippen molar-refractivity contribution in [2.75, 3.05) is 5.75 Å². The van der Waals surface area contributed by atoms with Crippen molar-refractivity contribution >= 4 is 15.4 Å². The highest BCUT2D eigenvalue weighted by molar-refractivity contribution is 7.99. The minimum absolute atomic E-state index is 0.256. The zero-order valence-corrected chi connectivity index (χ0v) is 10.8. The minimum atomic E-state index is -2.82. The van der Waals surface area contributed by atoms with Gasteiger partial charge in [-0.05, 0) is 25.0 Å². The molecule has 0 N–H and O–H groups in total. The first-order valence-electron chi connectivity index (χ1n) is 5.60. The van der Waals surface area contributed by atoms with Crippen molar-refractivity contribution in [3.63, 3.8) is 0 Å². The van der Waals surface area contributed by atoms with Crippen molar-refractivity contribution < 1.29 is 13.2 Å². The average molecular weight is 252 g/mol. The van der Waals surface area contributed by atoms with E-state index in [4.69, 9.17) is 4.74 Å². The van der Waals surface area contributed by atoms with E-state index in [0.717, 1.165) is 11.1 Å². The first-order chi connectivity index (χ1) is 8.00. The van der Waals surface area contributed by atoms with Crippen molar-refractivity contribution in [3.8, 4) is 0 Å². The number of benzene rings is 1. The summed E-state index contributed by atoms with van der Waals surface area (Å²) < 4.78 is 27.7. The van der Waals surface area contributed by atoms with Crippen molar-refractivity contribution in [1.29, 1.82) is 0 Å². The van der Waals surface area contributed by atoms with Gasteiger partial charge in [0.1, 0.15) is 11.4 Å². The summed E-state index contributed by atoms with van der Waals surface area (Å²) in [7, 11) is -2.82. The van der Waals surface area contributed by atoms with Crippen molar-refractivity contribution in [1.82, 2.24) is 0 Å². The zero-order valence-electron chi connectivity index (χ0n) is 9.96. The molecule has 4 heteroatoms. The lowest BCUT2D eigenvalue weighted by atomic mass is 10.1. The van der Waals surface area contributed by atoms with Gasteiger partial charge in [-0.3, -0.25) is 0 Å². The molecule has 1 aromatic carbocycles. The second-order valence-corrected chi connectivity index (χ2v) is 6.64. The second-order valence-electron chi connectivity index (χ2n) is 4.38. The number of sulfone groups is 1. The van der Waals surface area contributed by atoms with Crippen LogP contribution >= 0.6 is 0 Å². The molecule has 0 spiro atoms. The Morgan fingerprint density at radius 1 is 1.41 bits per heavy atom. The molecule has 1 heterocycles. The third-order valence-electron chi connectivity index (χ3n) is 2.95. The maximum atomic E-state index is 11.1. The second kappa shape index (κ2) is 4.53. The third-order valence-corrected chi connectivity index (χ3v) is 4.82.